The van der Waals surface area contributed by atoms with Gasteiger partial charge in [-0.15, -0.1) is 0 Å². The fourth-order valence-corrected chi connectivity index (χ4v) is 2.80. The Hall–Kier alpha value is 0. The molecule has 0 saturated heterocycles. The van der Waals surface area contributed by atoms with Crippen molar-refractivity contribution in [1.29, 1.82) is 0 Å². The third-order valence-corrected chi connectivity index (χ3v) is 4.39. The highest BCUT2D eigenvalue weighted by atomic mass is 14.6. The fraction of sp³-hybridized carbons (Fsp3) is 1.00. The zero-order valence-electron chi connectivity index (χ0n) is 9.35. The van der Waals surface area contributed by atoms with E-state index < -0.39 is 0 Å². The Kier molecular flexibility index (Phi) is 2.85. The van der Waals surface area contributed by atoms with Crippen molar-refractivity contribution in [2.75, 3.05) is 0 Å². The predicted octanol–water partition coefficient (Wildman–Crippen LogP) is 4.10. The van der Waals surface area contributed by atoms with Crippen molar-refractivity contribution in [3.05, 3.63) is 0 Å². The molecule has 12 heavy (non-hydrogen) atoms. The standard InChI is InChI=1S/C12H24/c1-6-7-8-11-10(4)12(11,5)9(2)3/h9-11H,6-8H2,1-5H3. The summed E-state index contributed by atoms with van der Waals surface area (Å²) in [6, 6.07) is 0. The lowest BCUT2D eigenvalue weighted by molar-refractivity contribution is 0.334. The summed E-state index contributed by atoms with van der Waals surface area (Å²) in [7, 11) is 0. The Bertz CT molecular complexity index is 148. The van der Waals surface area contributed by atoms with Crippen molar-refractivity contribution in [3.8, 4) is 0 Å². The molecule has 0 heteroatoms. The first kappa shape index (κ1) is 10.1. The third kappa shape index (κ3) is 1.41. The van der Waals surface area contributed by atoms with Gasteiger partial charge in [0.05, 0.1) is 0 Å². The van der Waals surface area contributed by atoms with Crippen molar-refractivity contribution in [2.24, 2.45) is 23.2 Å². The third-order valence-electron chi connectivity index (χ3n) is 4.39. The second-order valence-electron chi connectivity index (χ2n) is 5.06. The van der Waals surface area contributed by atoms with E-state index in [9.17, 15) is 0 Å². The highest BCUT2D eigenvalue weighted by molar-refractivity contribution is 5.06. The van der Waals surface area contributed by atoms with E-state index in [1.54, 1.807) is 0 Å². The molecule has 0 bridgehead atoms. The maximum atomic E-state index is 2.47. The molecule has 0 aliphatic heterocycles. The molecule has 0 aromatic heterocycles. The van der Waals surface area contributed by atoms with E-state index in [0.29, 0.717) is 5.41 Å². The van der Waals surface area contributed by atoms with E-state index in [-0.39, 0.29) is 0 Å². The van der Waals surface area contributed by atoms with Crippen LogP contribution in [0.15, 0.2) is 0 Å². The smallest absolute Gasteiger partial charge is 0.0243 e. The van der Waals surface area contributed by atoms with Gasteiger partial charge in [0.1, 0.15) is 0 Å². The summed E-state index contributed by atoms with van der Waals surface area (Å²) in [6.07, 6.45) is 4.25. The number of hydrogen-bond donors (Lipinski definition) is 0. The van der Waals surface area contributed by atoms with E-state index in [1.165, 1.54) is 19.3 Å². The van der Waals surface area contributed by atoms with Gasteiger partial charge < -0.3 is 0 Å². The summed E-state index contributed by atoms with van der Waals surface area (Å²) in [5, 5.41) is 0. The number of hydrogen-bond acceptors (Lipinski definition) is 0. The lowest BCUT2D eigenvalue weighted by Gasteiger charge is -2.16. The van der Waals surface area contributed by atoms with Crippen LogP contribution in [-0.4, -0.2) is 0 Å². The van der Waals surface area contributed by atoms with Crippen LogP contribution in [0.2, 0.25) is 0 Å². The topological polar surface area (TPSA) is 0 Å². The summed E-state index contributed by atoms with van der Waals surface area (Å²) < 4.78 is 0. The van der Waals surface area contributed by atoms with Gasteiger partial charge in [-0.3, -0.25) is 0 Å². The Morgan fingerprint density at radius 2 is 1.92 bits per heavy atom. The van der Waals surface area contributed by atoms with Gasteiger partial charge in [0.25, 0.3) is 0 Å². The van der Waals surface area contributed by atoms with Crippen LogP contribution in [-0.2, 0) is 0 Å². The van der Waals surface area contributed by atoms with Crippen molar-refractivity contribution >= 4 is 0 Å². The molecular formula is C12H24. The zero-order chi connectivity index (χ0) is 9.35. The van der Waals surface area contributed by atoms with E-state index >= 15 is 0 Å². The average molecular weight is 168 g/mol. The van der Waals surface area contributed by atoms with Crippen LogP contribution >= 0.6 is 0 Å². The summed E-state index contributed by atoms with van der Waals surface area (Å²) >= 11 is 0. The van der Waals surface area contributed by atoms with Gasteiger partial charge in [0.2, 0.25) is 0 Å². The van der Waals surface area contributed by atoms with Crippen LogP contribution in [0.4, 0.5) is 0 Å². The van der Waals surface area contributed by atoms with Crippen LogP contribution in [0.5, 0.6) is 0 Å². The molecule has 1 fully saturated rings. The van der Waals surface area contributed by atoms with Gasteiger partial charge >= 0.3 is 0 Å². The first-order valence-corrected chi connectivity index (χ1v) is 5.55. The molecule has 1 rings (SSSR count). The van der Waals surface area contributed by atoms with Crippen LogP contribution < -0.4 is 0 Å². The Balaban J connectivity index is 2.40. The van der Waals surface area contributed by atoms with E-state index in [4.69, 9.17) is 0 Å². The minimum absolute atomic E-state index is 0.676. The minimum Gasteiger partial charge on any atom is -0.0654 e. The van der Waals surface area contributed by atoms with Crippen molar-refractivity contribution in [2.45, 2.75) is 53.9 Å². The van der Waals surface area contributed by atoms with Gasteiger partial charge in [-0.2, -0.15) is 0 Å². The molecule has 1 aliphatic rings. The molecule has 3 unspecified atom stereocenters. The van der Waals surface area contributed by atoms with Gasteiger partial charge in [-0.25, -0.2) is 0 Å². The Labute approximate surface area is 77.7 Å². The average Bonchev–Trinajstić information content (AvgIpc) is 2.54. The van der Waals surface area contributed by atoms with Crippen molar-refractivity contribution < 1.29 is 0 Å². The molecule has 3 atom stereocenters. The van der Waals surface area contributed by atoms with Gasteiger partial charge in [-0.05, 0) is 29.6 Å². The maximum Gasteiger partial charge on any atom is -0.0243 e. The second-order valence-corrected chi connectivity index (χ2v) is 5.06. The molecule has 1 aliphatic carbocycles. The monoisotopic (exact) mass is 168 g/mol. The highest BCUT2D eigenvalue weighted by Gasteiger charge is 2.58. The molecule has 72 valence electrons. The zero-order valence-corrected chi connectivity index (χ0v) is 9.35. The van der Waals surface area contributed by atoms with Crippen molar-refractivity contribution in [3.63, 3.8) is 0 Å². The second kappa shape index (κ2) is 3.40. The van der Waals surface area contributed by atoms with Crippen LogP contribution in [0.1, 0.15) is 53.9 Å². The molecule has 0 N–H and O–H groups in total. The largest absolute Gasteiger partial charge is 0.0654 e. The molecule has 0 heterocycles. The number of unbranched alkanes of at least 4 members (excludes halogenated alkanes) is 1. The first-order chi connectivity index (χ1) is 5.55. The number of rotatable bonds is 4. The van der Waals surface area contributed by atoms with Crippen molar-refractivity contribution in [1.82, 2.24) is 0 Å². The molecule has 0 amide bonds. The molecule has 0 spiro atoms. The summed E-state index contributed by atoms with van der Waals surface area (Å²) in [5.74, 6) is 2.87. The fourth-order valence-electron chi connectivity index (χ4n) is 2.80. The lowest BCUT2D eigenvalue weighted by Crippen LogP contribution is -2.08. The maximum absolute atomic E-state index is 2.47. The SMILES string of the molecule is CCCCC1C(C)C1(C)C(C)C. The molecular weight excluding hydrogens is 144 g/mol. The molecule has 0 radical (unpaired) electrons. The molecule has 0 aromatic carbocycles. The summed E-state index contributed by atoms with van der Waals surface area (Å²) in [4.78, 5) is 0. The van der Waals surface area contributed by atoms with E-state index in [2.05, 4.69) is 34.6 Å². The van der Waals surface area contributed by atoms with Gasteiger partial charge in [-0.1, -0.05) is 47.5 Å². The van der Waals surface area contributed by atoms with E-state index in [1.807, 2.05) is 0 Å². The lowest BCUT2D eigenvalue weighted by atomic mass is 9.89. The quantitative estimate of drug-likeness (QED) is 0.592. The molecule has 0 nitrogen and oxygen atoms in total. The molecule has 1 saturated carbocycles. The molecule has 0 aromatic rings. The normalized spacial score (nSPS) is 40.5. The summed E-state index contributed by atoms with van der Waals surface area (Å²) in [5.41, 5.74) is 0.676. The summed E-state index contributed by atoms with van der Waals surface area (Å²) in [6.45, 7) is 12.0. The minimum atomic E-state index is 0.676. The highest BCUT2D eigenvalue weighted by Crippen LogP contribution is 2.64. The Morgan fingerprint density at radius 1 is 1.33 bits per heavy atom. The first-order valence-electron chi connectivity index (χ1n) is 5.55. The van der Waals surface area contributed by atoms with Crippen LogP contribution in [0, 0.1) is 23.2 Å². The van der Waals surface area contributed by atoms with E-state index in [0.717, 1.165) is 17.8 Å². The Morgan fingerprint density at radius 3 is 2.25 bits per heavy atom. The van der Waals surface area contributed by atoms with Gasteiger partial charge in [0, 0.05) is 0 Å². The van der Waals surface area contributed by atoms with Crippen LogP contribution in [0.25, 0.3) is 0 Å². The van der Waals surface area contributed by atoms with Crippen LogP contribution in [0.3, 0.4) is 0 Å². The van der Waals surface area contributed by atoms with Gasteiger partial charge in [0.15, 0.2) is 0 Å². The predicted molar refractivity (Wildman–Crippen MR) is 55.1 cm³/mol.